The van der Waals surface area contributed by atoms with Crippen LogP contribution in [0.25, 0.3) is 109 Å². The van der Waals surface area contributed by atoms with Crippen LogP contribution >= 0.6 is 0 Å². The second kappa shape index (κ2) is 12.8. The van der Waals surface area contributed by atoms with Gasteiger partial charge in [0.2, 0.25) is 0 Å². The van der Waals surface area contributed by atoms with Crippen molar-refractivity contribution < 1.29 is 4.42 Å². The van der Waals surface area contributed by atoms with Crippen molar-refractivity contribution in [3.8, 4) is 22.3 Å². The van der Waals surface area contributed by atoms with Crippen LogP contribution in [0.4, 0.5) is 17.1 Å². The second-order valence-corrected chi connectivity index (χ2v) is 16.0. The smallest absolute Gasteiger partial charge is 0.143 e. The van der Waals surface area contributed by atoms with E-state index in [4.69, 9.17) is 4.42 Å². The van der Waals surface area contributed by atoms with Gasteiger partial charge in [-0.1, -0.05) is 176 Å². The molecule has 1 heterocycles. The number of hydrogen-bond donors (Lipinski definition) is 0. The fourth-order valence-corrected chi connectivity index (χ4v) is 10.1. The molecule has 0 fully saturated rings. The number of nitrogens with zero attached hydrogens (tertiary/aromatic N) is 1. The van der Waals surface area contributed by atoms with Crippen molar-refractivity contribution >= 4 is 104 Å². The van der Waals surface area contributed by atoms with Crippen molar-refractivity contribution in [3.05, 3.63) is 212 Å². The van der Waals surface area contributed by atoms with E-state index in [0.717, 1.165) is 50.1 Å². The molecule has 0 aliphatic heterocycles. The molecule has 0 bridgehead atoms. The van der Waals surface area contributed by atoms with Gasteiger partial charge in [-0.15, -0.1) is 0 Å². The maximum absolute atomic E-state index is 6.50. The summed E-state index contributed by atoms with van der Waals surface area (Å²) >= 11 is 0. The highest BCUT2D eigenvalue weighted by molar-refractivity contribution is 6.37. The molecule has 2 nitrogen and oxygen atoms in total. The third-order valence-corrected chi connectivity index (χ3v) is 12.7. The summed E-state index contributed by atoms with van der Waals surface area (Å²) in [6.45, 7) is 0. The van der Waals surface area contributed by atoms with Gasteiger partial charge in [0.25, 0.3) is 0 Å². The number of anilines is 3. The molecule has 0 aliphatic carbocycles. The van der Waals surface area contributed by atoms with Crippen LogP contribution in [0.3, 0.4) is 0 Å². The van der Waals surface area contributed by atoms with E-state index in [1.165, 1.54) is 75.8 Å². The Balaban J connectivity index is 1.12. The lowest BCUT2D eigenvalue weighted by Crippen LogP contribution is -2.11. The minimum atomic E-state index is 0.905. The van der Waals surface area contributed by atoms with Crippen molar-refractivity contribution in [1.29, 1.82) is 0 Å². The molecule has 278 valence electrons. The standard InChI is InChI=1S/C58H35NO/c1-2-12-36(13-3-1)44-17-4-6-24-52(44)59(42-32-30-37(31-33-42)45-19-11-23-50-46-18-5-7-25-53(46)60-58(45)50)43-34-41-29-28-40-15-9-21-48-47-20-8-14-38-26-27-39-16-10-22-49(56(39)54(38)47)51(35-43)57(41)55(40)48/h1-35H. The zero-order chi connectivity index (χ0) is 39.3. The Kier molecular flexibility index (Phi) is 7.05. The van der Waals surface area contributed by atoms with Gasteiger partial charge in [-0.3, -0.25) is 0 Å². The van der Waals surface area contributed by atoms with Crippen molar-refractivity contribution in [2.45, 2.75) is 0 Å². The minimum absolute atomic E-state index is 0.905. The van der Waals surface area contributed by atoms with Gasteiger partial charge < -0.3 is 9.32 Å². The number of rotatable bonds is 5. The Labute approximate surface area is 346 Å². The highest BCUT2D eigenvalue weighted by Crippen LogP contribution is 2.48. The summed E-state index contributed by atoms with van der Waals surface area (Å²) < 4.78 is 6.50. The van der Waals surface area contributed by atoms with E-state index < -0.39 is 0 Å². The molecule has 0 N–H and O–H groups in total. The van der Waals surface area contributed by atoms with Crippen LogP contribution in [0.2, 0.25) is 0 Å². The summed E-state index contributed by atoms with van der Waals surface area (Å²) in [6, 6.07) is 77.8. The Morgan fingerprint density at radius 2 is 0.817 bits per heavy atom. The average molecular weight is 762 g/mol. The van der Waals surface area contributed by atoms with E-state index in [-0.39, 0.29) is 0 Å². The SMILES string of the molecule is c1ccc(-c2ccccc2N(c2ccc(-c3cccc4c3oc3ccccc34)cc2)c2cc3ccc4cccc5c6cccc7ccc8cccc(c(c2)c3c45)c8c76)cc1. The molecular formula is C58H35NO. The zero-order valence-corrected chi connectivity index (χ0v) is 32.6. The van der Waals surface area contributed by atoms with Crippen LogP contribution < -0.4 is 4.90 Å². The van der Waals surface area contributed by atoms with Crippen LogP contribution in [0.1, 0.15) is 0 Å². The Morgan fingerprint density at radius 3 is 1.53 bits per heavy atom. The molecule has 0 amide bonds. The first kappa shape index (κ1) is 33.1. The zero-order valence-electron chi connectivity index (χ0n) is 32.6. The predicted octanol–water partition coefficient (Wildman–Crippen LogP) is 16.7. The highest BCUT2D eigenvalue weighted by atomic mass is 16.3. The summed E-state index contributed by atoms with van der Waals surface area (Å²) in [5.41, 5.74) is 9.63. The van der Waals surface area contributed by atoms with Gasteiger partial charge in [0.15, 0.2) is 0 Å². The minimum Gasteiger partial charge on any atom is -0.455 e. The molecule has 12 aromatic carbocycles. The normalized spacial score (nSPS) is 12.0. The number of furan rings is 1. The fourth-order valence-electron chi connectivity index (χ4n) is 10.1. The van der Waals surface area contributed by atoms with E-state index in [1.807, 2.05) is 12.1 Å². The van der Waals surface area contributed by atoms with Gasteiger partial charge in [-0.2, -0.15) is 0 Å². The van der Waals surface area contributed by atoms with Crippen LogP contribution in [0, 0.1) is 0 Å². The van der Waals surface area contributed by atoms with Gasteiger partial charge in [0, 0.05) is 33.3 Å². The first-order chi connectivity index (χ1) is 29.8. The Morgan fingerprint density at radius 1 is 0.300 bits per heavy atom. The summed E-state index contributed by atoms with van der Waals surface area (Å²) in [5, 5.41) is 17.5. The molecule has 0 spiro atoms. The Bertz CT molecular complexity index is 3820. The van der Waals surface area contributed by atoms with Crippen LogP contribution in [0.15, 0.2) is 217 Å². The fraction of sp³-hybridized carbons (Fsp3) is 0. The largest absolute Gasteiger partial charge is 0.455 e. The average Bonchev–Trinajstić information content (AvgIpc) is 3.70. The molecule has 1 aromatic heterocycles. The number of para-hydroxylation sites is 3. The number of fused-ring (bicyclic) bond motifs is 5. The van der Waals surface area contributed by atoms with Crippen LogP contribution in [-0.2, 0) is 0 Å². The molecule has 2 heteroatoms. The van der Waals surface area contributed by atoms with E-state index in [9.17, 15) is 0 Å². The third kappa shape index (κ3) is 4.82. The summed E-state index contributed by atoms with van der Waals surface area (Å²) in [6.07, 6.45) is 0. The monoisotopic (exact) mass is 761 g/mol. The molecule has 0 unspecified atom stereocenters. The predicted molar refractivity (Wildman–Crippen MR) is 255 cm³/mol. The molecule has 0 radical (unpaired) electrons. The molecule has 13 rings (SSSR count). The summed E-state index contributed by atoms with van der Waals surface area (Å²) in [7, 11) is 0. The highest BCUT2D eigenvalue weighted by Gasteiger charge is 2.22. The number of hydrogen-bond acceptors (Lipinski definition) is 2. The molecule has 0 saturated carbocycles. The first-order valence-corrected chi connectivity index (χ1v) is 20.7. The summed E-state index contributed by atoms with van der Waals surface area (Å²) in [4.78, 5) is 2.45. The molecule has 60 heavy (non-hydrogen) atoms. The number of benzene rings is 11. The Hall–Kier alpha value is -7.94. The lowest BCUT2D eigenvalue weighted by Gasteiger charge is -2.29. The van der Waals surface area contributed by atoms with E-state index >= 15 is 0 Å². The van der Waals surface area contributed by atoms with Crippen molar-refractivity contribution in [2.24, 2.45) is 0 Å². The molecular weight excluding hydrogens is 727 g/mol. The van der Waals surface area contributed by atoms with Crippen LogP contribution in [-0.4, -0.2) is 0 Å². The van der Waals surface area contributed by atoms with Crippen LogP contribution in [0.5, 0.6) is 0 Å². The van der Waals surface area contributed by atoms with E-state index in [0.29, 0.717) is 0 Å². The molecule has 13 aromatic rings. The quantitative estimate of drug-likeness (QED) is 0.162. The van der Waals surface area contributed by atoms with Crippen molar-refractivity contribution in [2.75, 3.05) is 4.90 Å². The molecule has 0 saturated heterocycles. The first-order valence-electron chi connectivity index (χ1n) is 20.7. The van der Waals surface area contributed by atoms with Crippen molar-refractivity contribution in [3.63, 3.8) is 0 Å². The molecule has 0 aliphatic rings. The lowest BCUT2D eigenvalue weighted by molar-refractivity contribution is 0.670. The second-order valence-electron chi connectivity index (χ2n) is 16.0. The van der Waals surface area contributed by atoms with Gasteiger partial charge in [0.05, 0.1) is 5.69 Å². The van der Waals surface area contributed by atoms with Gasteiger partial charge in [0.1, 0.15) is 11.2 Å². The molecule has 0 atom stereocenters. The van der Waals surface area contributed by atoms with Gasteiger partial charge in [-0.05, 0) is 112 Å². The van der Waals surface area contributed by atoms with Gasteiger partial charge >= 0.3 is 0 Å². The van der Waals surface area contributed by atoms with Crippen molar-refractivity contribution in [1.82, 2.24) is 0 Å². The maximum Gasteiger partial charge on any atom is 0.143 e. The van der Waals surface area contributed by atoms with Gasteiger partial charge in [-0.25, -0.2) is 0 Å². The maximum atomic E-state index is 6.50. The topological polar surface area (TPSA) is 16.4 Å². The van der Waals surface area contributed by atoms with E-state index in [2.05, 4.69) is 205 Å². The summed E-state index contributed by atoms with van der Waals surface area (Å²) in [5.74, 6) is 0. The lowest BCUT2D eigenvalue weighted by atomic mass is 9.87. The third-order valence-electron chi connectivity index (χ3n) is 12.7. The van der Waals surface area contributed by atoms with E-state index in [1.54, 1.807) is 0 Å².